The van der Waals surface area contributed by atoms with Crippen molar-refractivity contribution in [2.75, 3.05) is 0 Å². The monoisotopic (exact) mass is 551 g/mol. The van der Waals surface area contributed by atoms with Crippen LogP contribution >= 0.6 is 0 Å². The summed E-state index contributed by atoms with van der Waals surface area (Å²) in [7, 11) is 0. The van der Waals surface area contributed by atoms with E-state index in [0.29, 0.717) is 0 Å². The highest BCUT2D eigenvalue weighted by Crippen LogP contribution is 2.43. The highest BCUT2D eigenvalue weighted by atomic mass is 15.2. The summed E-state index contributed by atoms with van der Waals surface area (Å²) >= 11 is 0. The molecular weight excluding hydrogens is 484 g/mol. The molecule has 2 heteroatoms. The Bertz CT molecular complexity index is 770. The molecule has 0 aliphatic heterocycles. The van der Waals surface area contributed by atoms with E-state index in [1.165, 1.54) is 154 Å². The average Bonchev–Trinajstić information content (AvgIpc) is 3.00. The molecule has 2 nitrogen and oxygen atoms in total. The fraction of sp³-hybridized carbons (Fsp3) is 0.947. The van der Waals surface area contributed by atoms with E-state index in [1.807, 2.05) is 0 Å². The molecule has 6 atom stereocenters. The minimum atomic E-state index is 0.737. The van der Waals surface area contributed by atoms with Gasteiger partial charge in [0.2, 0.25) is 0 Å². The van der Waals surface area contributed by atoms with Gasteiger partial charge in [0.25, 0.3) is 0 Å². The first-order valence-electron chi connectivity index (χ1n) is 18.9. The molecule has 40 heavy (non-hydrogen) atoms. The van der Waals surface area contributed by atoms with Gasteiger partial charge in [-0.25, -0.2) is 0 Å². The predicted molar refractivity (Wildman–Crippen MR) is 172 cm³/mol. The molecule has 0 aromatic heterocycles. The summed E-state index contributed by atoms with van der Waals surface area (Å²) in [6.45, 7) is 5.06. The van der Waals surface area contributed by atoms with Crippen molar-refractivity contribution in [3.8, 4) is 0 Å². The van der Waals surface area contributed by atoms with E-state index >= 15 is 0 Å². The Morgan fingerprint density at radius 2 is 0.900 bits per heavy atom. The van der Waals surface area contributed by atoms with E-state index in [2.05, 4.69) is 35.8 Å². The minimum Gasteiger partial charge on any atom is -0.294 e. The van der Waals surface area contributed by atoms with E-state index < -0.39 is 0 Å². The van der Waals surface area contributed by atoms with E-state index in [4.69, 9.17) is 0 Å². The van der Waals surface area contributed by atoms with Crippen molar-refractivity contribution in [1.29, 1.82) is 0 Å². The van der Waals surface area contributed by atoms with Crippen LogP contribution < -0.4 is 0 Å². The van der Waals surface area contributed by atoms with Gasteiger partial charge < -0.3 is 0 Å². The number of hydrogen-bond donors (Lipinski definition) is 0. The van der Waals surface area contributed by atoms with Gasteiger partial charge in [0.1, 0.15) is 0 Å². The molecule has 228 valence electrons. The van der Waals surface area contributed by atoms with E-state index in [9.17, 15) is 0 Å². The largest absolute Gasteiger partial charge is 0.294 e. The zero-order valence-electron chi connectivity index (χ0n) is 26.8. The Morgan fingerprint density at radius 3 is 1.43 bits per heavy atom. The van der Waals surface area contributed by atoms with Gasteiger partial charge >= 0.3 is 0 Å². The van der Waals surface area contributed by atoms with Crippen LogP contribution in [0.15, 0.2) is 12.2 Å². The Morgan fingerprint density at radius 1 is 0.400 bits per heavy atom. The molecule has 5 fully saturated rings. The van der Waals surface area contributed by atoms with Gasteiger partial charge in [-0.15, -0.1) is 0 Å². The first kappa shape index (κ1) is 29.7. The summed E-state index contributed by atoms with van der Waals surface area (Å²) in [4.78, 5) is 6.30. The van der Waals surface area contributed by atoms with Crippen molar-refractivity contribution in [3.63, 3.8) is 0 Å². The summed E-state index contributed by atoms with van der Waals surface area (Å²) in [5, 5.41) is 0. The Labute approximate surface area is 249 Å². The van der Waals surface area contributed by atoms with Crippen molar-refractivity contribution in [2.45, 2.75) is 204 Å². The Kier molecular flexibility index (Phi) is 10.7. The first-order valence-corrected chi connectivity index (χ1v) is 18.9. The zero-order valence-corrected chi connectivity index (χ0v) is 26.8. The molecule has 0 aromatic rings. The highest BCUT2D eigenvalue weighted by Gasteiger charge is 2.40. The SMILES string of the molecule is CC1CCCC(N(C2C=CC(C3CCC(N(C4CCCCC4)C4CCCC(C)C4)CC3)CC2)C2CCCCC2)C1. The molecule has 0 heterocycles. The summed E-state index contributed by atoms with van der Waals surface area (Å²) in [5.74, 6) is 3.72. The quantitative estimate of drug-likeness (QED) is 0.291. The predicted octanol–water partition coefficient (Wildman–Crippen LogP) is 10.3. The maximum absolute atomic E-state index is 3.19. The van der Waals surface area contributed by atoms with Crippen LogP contribution in [0.2, 0.25) is 0 Å². The summed E-state index contributed by atoms with van der Waals surface area (Å²) < 4.78 is 0. The van der Waals surface area contributed by atoms with Gasteiger partial charge in [0, 0.05) is 36.3 Å². The van der Waals surface area contributed by atoms with E-state index in [0.717, 1.165) is 59.9 Å². The van der Waals surface area contributed by atoms with Crippen LogP contribution in [0.5, 0.6) is 0 Å². The van der Waals surface area contributed by atoms with Crippen LogP contribution in [0.4, 0.5) is 0 Å². The molecule has 6 aliphatic carbocycles. The van der Waals surface area contributed by atoms with Gasteiger partial charge in [-0.3, -0.25) is 9.80 Å². The van der Waals surface area contributed by atoms with Gasteiger partial charge in [0.05, 0.1) is 0 Å². The third-order valence-corrected chi connectivity index (χ3v) is 13.2. The standard InChI is InChI=1S/C38H66N2/c1-29-11-9-17-37(27-29)39(33-13-5-3-6-14-33)35-23-19-31(20-24-35)32-21-25-36(26-22-32)40(34-15-7-4-8-16-34)38-18-10-12-30(2)28-38/h19,23,29-38H,3-18,20-22,24-28H2,1-2H3. The summed E-state index contributed by atoms with van der Waals surface area (Å²) in [6, 6.07) is 5.18. The Balaban J connectivity index is 1.07. The molecule has 0 N–H and O–H groups in total. The molecule has 0 amide bonds. The number of hydrogen-bond acceptors (Lipinski definition) is 2. The molecule has 5 saturated carbocycles. The summed E-state index contributed by atoms with van der Waals surface area (Å²) in [5.41, 5.74) is 0. The van der Waals surface area contributed by atoms with Crippen LogP contribution in [-0.2, 0) is 0 Å². The molecule has 6 unspecified atom stereocenters. The van der Waals surface area contributed by atoms with Crippen molar-refractivity contribution in [2.24, 2.45) is 23.7 Å². The van der Waals surface area contributed by atoms with Gasteiger partial charge in [-0.05, 0) is 114 Å². The van der Waals surface area contributed by atoms with Crippen LogP contribution in [0.3, 0.4) is 0 Å². The average molecular weight is 551 g/mol. The third kappa shape index (κ3) is 7.23. The number of nitrogens with zero attached hydrogens (tertiary/aromatic N) is 2. The maximum atomic E-state index is 3.19. The van der Waals surface area contributed by atoms with E-state index in [1.54, 1.807) is 0 Å². The van der Waals surface area contributed by atoms with Crippen molar-refractivity contribution < 1.29 is 0 Å². The second-order valence-electron chi connectivity index (χ2n) is 16.1. The Hall–Kier alpha value is -0.340. The molecule has 0 saturated heterocycles. The lowest BCUT2D eigenvalue weighted by Gasteiger charge is -2.50. The van der Waals surface area contributed by atoms with Gasteiger partial charge in [0.15, 0.2) is 0 Å². The van der Waals surface area contributed by atoms with Crippen molar-refractivity contribution in [1.82, 2.24) is 9.80 Å². The third-order valence-electron chi connectivity index (χ3n) is 13.2. The second kappa shape index (κ2) is 14.4. The first-order chi connectivity index (χ1) is 19.7. The van der Waals surface area contributed by atoms with Crippen LogP contribution in [0.1, 0.15) is 168 Å². The smallest absolute Gasteiger partial charge is 0.0284 e. The van der Waals surface area contributed by atoms with Gasteiger partial charge in [-0.1, -0.05) is 90.2 Å². The molecule has 0 spiro atoms. The summed E-state index contributed by atoms with van der Waals surface area (Å²) in [6.07, 6.45) is 41.1. The molecule has 6 aliphatic rings. The zero-order chi connectivity index (χ0) is 27.3. The normalized spacial score (nSPS) is 41.0. The molecule has 0 bridgehead atoms. The lowest BCUT2D eigenvalue weighted by molar-refractivity contribution is 0.00344. The topological polar surface area (TPSA) is 6.48 Å². The van der Waals surface area contributed by atoms with E-state index in [-0.39, 0.29) is 0 Å². The fourth-order valence-electron chi connectivity index (χ4n) is 11.1. The second-order valence-corrected chi connectivity index (χ2v) is 16.1. The van der Waals surface area contributed by atoms with Crippen LogP contribution in [-0.4, -0.2) is 46.1 Å². The molecule has 6 rings (SSSR count). The minimum absolute atomic E-state index is 0.737. The lowest BCUT2D eigenvalue weighted by Crippen LogP contribution is -2.53. The molecular formula is C38H66N2. The fourth-order valence-corrected chi connectivity index (χ4v) is 11.1. The van der Waals surface area contributed by atoms with Crippen LogP contribution in [0, 0.1) is 23.7 Å². The number of allylic oxidation sites excluding steroid dienone is 1. The lowest BCUT2D eigenvalue weighted by atomic mass is 9.72. The maximum Gasteiger partial charge on any atom is 0.0284 e. The highest BCUT2D eigenvalue weighted by molar-refractivity contribution is 5.07. The molecule has 0 radical (unpaired) electrons. The van der Waals surface area contributed by atoms with Crippen molar-refractivity contribution in [3.05, 3.63) is 12.2 Å². The van der Waals surface area contributed by atoms with Gasteiger partial charge in [-0.2, -0.15) is 0 Å². The van der Waals surface area contributed by atoms with Crippen LogP contribution in [0.25, 0.3) is 0 Å². The number of rotatable bonds is 7. The molecule has 0 aromatic carbocycles. The van der Waals surface area contributed by atoms with Crippen molar-refractivity contribution >= 4 is 0 Å².